The number of nitriles is 1. The van der Waals surface area contributed by atoms with Gasteiger partial charge in [0, 0.05) is 24.7 Å². The number of hydrogen-bond donors (Lipinski definition) is 1. The van der Waals surface area contributed by atoms with Gasteiger partial charge in [0.1, 0.15) is 5.75 Å². The highest BCUT2D eigenvalue weighted by Gasteiger charge is 2.30. The predicted molar refractivity (Wildman–Crippen MR) is 68.1 cm³/mol. The maximum Gasteiger partial charge on any atom is 0.267 e. The van der Waals surface area contributed by atoms with Crippen LogP contribution in [0.1, 0.15) is 19.8 Å². The highest BCUT2D eigenvalue weighted by atomic mass is 16.5. The molecular formula is C13H15N3O2. The van der Waals surface area contributed by atoms with Crippen molar-refractivity contribution in [2.24, 2.45) is 0 Å². The van der Waals surface area contributed by atoms with Crippen molar-refractivity contribution in [3.63, 3.8) is 0 Å². The number of unbranched alkanes of at least 4 members (excludes halogenated alkanes) is 1. The number of anilines is 2. The third-order valence-corrected chi connectivity index (χ3v) is 2.86. The van der Waals surface area contributed by atoms with Crippen LogP contribution in [-0.4, -0.2) is 18.6 Å². The van der Waals surface area contributed by atoms with Gasteiger partial charge in [-0.05, 0) is 25.5 Å². The molecular weight excluding hydrogens is 230 g/mol. The number of nitrogen functional groups attached to an aromatic ring is 1. The first kappa shape index (κ1) is 12.2. The molecule has 0 saturated carbocycles. The summed E-state index contributed by atoms with van der Waals surface area (Å²) in [5, 5.41) is 8.55. The van der Waals surface area contributed by atoms with Crippen molar-refractivity contribution < 1.29 is 9.53 Å². The predicted octanol–water partition coefficient (Wildman–Crippen LogP) is 1.69. The number of ether oxygens (including phenoxy) is 1. The van der Waals surface area contributed by atoms with Crippen LogP contribution < -0.4 is 15.4 Å². The molecule has 5 heteroatoms. The Hall–Kier alpha value is -2.22. The number of fused-ring (bicyclic) bond motifs is 1. The Bertz CT molecular complexity index is 507. The number of nitrogens with two attached hydrogens (primary N) is 1. The quantitative estimate of drug-likeness (QED) is 0.649. The lowest BCUT2D eigenvalue weighted by molar-refractivity contribution is -0.125. The second-order valence-electron chi connectivity index (χ2n) is 4.24. The third-order valence-electron chi connectivity index (χ3n) is 2.86. The van der Waals surface area contributed by atoms with Gasteiger partial charge in [0.05, 0.1) is 11.8 Å². The van der Waals surface area contributed by atoms with E-state index in [0.29, 0.717) is 30.8 Å². The molecule has 1 aromatic rings. The van der Waals surface area contributed by atoms with E-state index in [1.54, 1.807) is 30.0 Å². The Morgan fingerprint density at radius 2 is 2.33 bits per heavy atom. The second kappa shape index (κ2) is 4.96. The van der Waals surface area contributed by atoms with Crippen LogP contribution in [0.25, 0.3) is 0 Å². The second-order valence-corrected chi connectivity index (χ2v) is 4.24. The Morgan fingerprint density at radius 1 is 1.56 bits per heavy atom. The van der Waals surface area contributed by atoms with E-state index in [-0.39, 0.29) is 5.91 Å². The first-order valence-corrected chi connectivity index (χ1v) is 5.88. The number of benzene rings is 1. The molecule has 0 aromatic heterocycles. The van der Waals surface area contributed by atoms with Crippen LogP contribution in [0.4, 0.5) is 11.4 Å². The topological polar surface area (TPSA) is 79.3 Å². The van der Waals surface area contributed by atoms with Crippen LogP contribution in [0.15, 0.2) is 18.2 Å². The average molecular weight is 245 g/mol. The minimum Gasteiger partial charge on any atom is -0.479 e. The third kappa shape index (κ3) is 2.23. The van der Waals surface area contributed by atoms with Crippen LogP contribution in [0.5, 0.6) is 5.75 Å². The molecule has 0 fully saturated rings. The monoisotopic (exact) mass is 245 g/mol. The first-order chi connectivity index (χ1) is 8.63. The van der Waals surface area contributed by atoms with Gasteiger partial charge in [-0.25, -0.2) is 0 Å². The summed E-state index contributed by atoms with van der Waals surface area (Å²) in [5.74, 6) is 0.546. The molecule has 1 amide bonds. The van der Waals surface area contributed by atoms with Crippen LogP contribution in [-0.2, 0) is 4.79 Å². The number of carbonyl (C=O) groups excluding carboxylic acids is 1. The normalized spacial score (nSPS) is 17.9. The Morgan fingerprint density at radius 3 is 3.06 bits per heavy atom. The molecule has 1 atom stereocenters. The number of amides is 1. The van der Waals surface area contributed by atoms with E-state index in [1.807, 2.05) is 0 Å². The maximum absolute atomic E-state index is 12.1. The molecule has 5 nitrogen and oxygen atoms in total. The van der Waals surface area contributed by atoms with Crippen LogP contribution >= 0.6 is 0 Å². The maximum atomic E-state index is 12.1. The molecule has 1 aromatic carbocycles. The molecule has 18 heavy (non-hydrogen) atoms. The van der Waals surface area contributed by atoms with E-state index < -0.39 is 6.10 Å². The zero-order valence-corrected chi connectivity index (χ0v) is 10.2. The van der Waals surface area contributed by atoms with Gasteiger partial charge < -0.3 is 15.4 Å². The van der Waals surface area contributed by atoms with Crippen molar-refractivity contribution in [3.05, 3.63) is 18.2 Å². The molecule has 2 rings (SSSR count). The number of rotatable bonds is 3. The lowest BCUT2D eigenvalue weighted by Crippen LogP contribution is -2.44. The largest absolute Gasteiger partial charge is 0.479 e. The van der Waals surface area contributed by atoms with Gasteiger partial charge in [-0.3, -0.25) is 4.79 Å². The molecule has 2 N–H and O–H groups in total. The van der Waals surface area contributed by atoms with E-state index in [4.69, 9.17) is 15.7 Å². The summed E-state index contributed by atoms with van der Waals surface area (Å²) in [6.07, 6.45) is 0.573. The molecule has 0 saturated heterocycles. The smallest absolute Gasteiger partial charge is 0.267 e. The summed E-state index contributed by atoms with van der Waals surface area (Å²) in [6, 6.07) is 7.31. The van der Waals surface area contributed by atoms with Gasteiger partial charge >= 0.3 is 0 Å². The molecule has 1 unspecified atom stereocenters. The number of nitrogens with zero attached hydrogens (tertiary/aromatic N) is 2. The number of hydrogen-bond acceptors (Lipinski definition) is 4. The summed E-state index contributed by atoms with van der Waals surface area (Å²) >= 11 is 0. The summed E-state index contributed by atoms with van der Waals surface area (Å²) < 4.78 is 5.53. The van der Waals surface area contributed by atoms with E-state index in [0.717, 1.165) is 5.69 Å². The van der Waals surface area contributed by atoms with Crippen LogP contribution in [0, 0.1) is 11.3 Å². The van der Waals surface area contributed by atoms with E-state index in [2.05, 4.69) is 6.07 Å². The zero-order valence-electron chi connectivity index (χ0n) is 10.2. The molecule has 1 aliphatic rings. The van der Waals surface area contributed by atoms with Crippen molar-refractivity contribution in [3.8, 4) is 11.8 Å². The van der Waals surface area contributed by atoms with Gasteiger partial charge in [0.25, 0.3) is 5.91 Å². The highest BCUT2D eigenvalue weighted by molar-refractivity contribution is 6.00. The Balaban J connectivity index is 2.28. The van der Waals surface area contributed by atoms with Crippen molar-refractivity contribution in [1.29, 1.82) is 5.26 Å². The van der Waals surface area contributed by atoms with E-state index in [1.165, 1.54) is 0 Å². The number of carbonyl (C=O) groups is 1. The van der Waals surface area contributed by atoms with E-state index >= 15 is 0 Å². The minimum absolute atomic E-state index is 0.0785. The Labute approximate surface area is 106 Å². The summed E-state index contributed by atoms with van der Waals surface area (Å²) in [7, 11) is 0. The van der Waals surface area contributed by atoms with Gasteiger partial charge in [0.15, 0.2) is 6.10 Å². The van der Waals surface area contributed by atoms with Crippen LogP contribution in [0.2, 0.25) is 0 Å². The van der Waals surface area contributed by atoms with Gasteiger partial charge in [-0.15, -0.1) is 0 Å². The van der Waals surface area contributed by atoms with Gasteiger partial charge in [-0.1, -0.05) is 0 Å². The zero-order chi connectivity index (χ0) is 13.1. The molecule has 1 aliphatic heterocycles. The first-order valence-electron chi connectivity index (χ1n) is 5.88. The molecule has 0 radical (unpaired) electrons. The average Bonchev–Trinajstić information content (AvgIpc) is 2.34. The standard InChI is InChI=1S/C13H15N3O2/c1-9-13(17)16(7-3-2-6-14)11-5-4-10(15)8-12(11)18-9/h4-5,8-9H,2-3,7,15H2,1H3. The van der Waals surface area contributed by atoms with Crippen molar-refractivity contribution in [2.75, 3.05) is 17.2 Å². The fourth-order valence-corrected chi connectivity index (χ4v) is 1.97. The van der Waals surface area contributed by atoms with Gasteiger partial charge in [-0.2, -0.15) is 5.26 Å². The van der Waals surface area contributed by atoms with Crippen molar-refractivity contribution >= 4 is 17.3 Å². The fraction of sp³-hybridized carbons (Fsp3) is 0.385. The van der Waals surface area contributed by atoms with Crippen LogP contribution in [0.3, 0.4) is 0 Å². The lowest BCUT2D eigenvalue weighted by Gasteiger charge is -2.33. The molecule has 0 bridgehead atoms. The SMILES string of the molecule is CC1Oc2cc(N)ccc2N(CCCC#N)C1=O. The van der Waals surface area contributed by atoms with Gasteiger partial charge in [0.2, 0.25) is 0 Å². The molecule has 0 aliphatic carbocycles. The fourth-order valence-electron chi connectivity index (χ4n) is 1.97. The van der Waals surface area contributed by atoms with Crippen molar-refractivity contribution in [2.45, 2.75) is 25.9 Å². The lowest BCUT2D eigenvalue weighted by atomic mass is 10.1. The molecule has 94 valence electrons. The Kier molecular flexibility index (Phi) is 3.38. The highest BCUT2D eigenvalue weighted by Crippen LogP contribution is 2.35. The summed E-state index contributed by atoms with van der Waals surface area (Å²) in [4.78, 5) is 13.7. The molecule has 1 heterocycles. The summed E-state index contributed by atoms with van der Waals surface area (Å²) in [6.45, 7) is 2.24. The van der Waals surface area contributed by atoms with Crippen molar-refractivity contribution in [1.82, 2.24) is 0 Å². The molecule has 0 spiro atoms. The minimum atomic E-state index is -0.513. The van der Waals surface area contributed by atoms with E-state index in [9.17, 15) is 4.79 Å². The summed E-state index contributed by atoms with van der Waals surface area (Å²) in [5.41, 5.74) is 7.03.